The summed E-state index contributed by atoms with van der Waals surface area (Å²) in [6.07, 6.45) is 5.31. The molecule has 0 aromatic carbocycles. The van der Waals surface area contributed by atoms with Gasteiger partial charge in [-0.3, -0.25) is 0 Å². The Morgan fingerprint density at radius 2 is 2.28 bits per heavy atom. The topological polar surface area (TPSA) is 64.3 Å². The van der Waals surface area contributed by atoms with Gasteiger partial charge in [0.1, 0.15) is 0 Å². The number of anilines is 1. The predicted molar refractivity (Wildman–Crippen MR) is 71.8 cm³/mol. The minimum atomic E-state index is 0.131. The van der Waals surface area contributed by atoms with Crippen molar-refractivity contribution in [2.24, 2.45) is 5.73 Å². The van der Waals surface area contributed by atoms with Gasteiger partial charge in [-0.05, 0) is 39.7 Å². The number of nitrogens with two attached hydrogens (primary N) is 1. The van der Waals surface area contributed by atoms with Crippen LogP contribution in [0.15, 0.2) is 12.3 Å². The van der Waals surface area contributed by atoms with Crippen molar-refractivity contribution in [3.63, 3.8) is 0 Å². The fourth-order valence-electron chi connectivity index (χ4n) is 1.87. The summed E-state index contributed by atoms with van der Waals surface area (Å²) in [5, 5.41) is 0. The SMILES string of the molecule is CC(C)Oc1ccnc(N(CCCN)C2CC2)n1. The lowest BCUT2D eigenvalue weighted by molar-refractivity contribution is 0.232. The molecule has 0 spiro atoms. The normalized spacial score (nSPS) is 14.9. The van der Waals surface area contributed by atoms with Crippen LogP contribution in [0.25, 0.3) is 0 Å². The minimum absolute atomic E-state index is 0.131. The van der Waals surface area contributed by atoms with Crippen LogP contribution in [0.4, 0.5) is 5.95 Å². The maximum atomic E-state index is 5.61. The summed E-state index contributed by atoms with van der Waals surface area (Å²) in [6, 6.07) is 2.39. The minimum Gasteiger partial charge on any atom is -0.475 e. The van der Waals surface area contributed by atoms with Crippen LogP contribution in [-0.2, 0) is 0 Å². The van der Waals surface area contributed by atoms with Crippen molar-refractivity contribution in [1.82, 2.24) is 9.97 Å². The van der Waals surface area contributed by atoms with E-state index in [2.05, 4.69) is 14.9 Å². The third-order valence-electron chi connectivity index (χ3n) is 2.82. The summed E-state index contributed by atoms with van der Waals surface area (Å²) in [6.45, 7) is 5.61. The van der Waals surface area contributed by atoms with Crippen molar-refractivity contribution in [2.75, 3.05) is 18.0 Å². The number of rotatable bonds is 7. The Labute approximate surface area is 108 Å². The van der Waals surface area contributed by atoms with Gasteiger partial charge in [0.15, 0.2) is 0 Å². The molecule has 0 radical (unpaired) electrons. The number of nitrogens with zero attached hydrogens (tertiary/aromatic N) is 3. The van der Waals surface area contributed by atoms with E-state index < -0.39 is 0 Å². The molecule has 1 fully saturated rings. The van der Waals surface area contributed by atoms with Gasteiger partial charge in [-0.1, -0.05) is 0 Å². The first-order chi connectivity index (χ1) is 8.70. The molecule has 18 heavy (non-hydrogen) atoms. The zero-order valence-corrected chi connectivity index (χ0v) is 11.2. The maximum absolute atomic E-state index is 5.61. The van der Waals surface area contributed by atoms with Crippen LogP contribution < -0.4 is 15.4 Å². The highest BCUT2D eigenvalue weighted by molar-refractivity contribution is 5.35. The molecular formula is C13H22N4O. The van der Waals surface area contributed by atoms with E-state index in [9.17, 15) is 0 Å². The molecule has 1 aromatic rings. The number of hydrogen-bond acceptors (Lipinski definition) is 5. The molecule has 2 N–H and O–H groups in total. The molecule has 0 saturated heterocycles. The van der Waals surface area contributed by atoms with Crippen LogP contribution in [0, 0.1) is 0 Å². The first kappa shape index (κ1) is 13.1. The summed E-state index contributed by atoms with van der Waals surface area (Å²) >= 11 is 0. The first-order valence-electron chi connectivity index (χ1n) is 6.67. The summed E-state index contributed by atoms with van der Waals surface area (Å²) < 4.78 is 5.61. The third-order valence-corrected chi connectivity index (χ3v) is 2.82. The van der Waals surface area contributed by atoms with Gasteiger partial charge in [-0.2, -0.15) is 4.98 Å². The molecule has 1 aliphatic rings. The molecule has 1 aliphatic carbocycles. The van der Waals surface area contributed by atoms with Crippen LogP contribution >= 0.6 is 0 Å². The van der Waals surface area contributed by atoms with Gasteiger partial charge >= 0.3 is 0 Å². The second-order valence-electron chi connectivity index (χ2n) is 4.93. The summed E-state index contributed by atoms with van der Waals surface area (Å²) in [5.41, 5.74) is 5.58. The molecular weight excluding hydrogens is 228 g/mol. The fourth-order valence-corrected chi connectivity index (χ4v) is 1.87. The molecule has 0 amide bonds. The monoisotopic (exact) mass is 250 g/mol. The van der Waals surface area contributed by atoms with E-state index in [0.29, 0.717) is 18.5 Å². The van der Waals surface area contributed by atoms with Crippen molar-refractivity contribution in [1.29, 1.82) is 0 Å². The molecule has 0 aliphatic heterocycles. The van der Waals surface area contributed by atoms with Gasteiger partial charge in [0, 0.05) is 24.8 Å². The lowest BCUT2D eigenvalue weighted by Crippen LogP contribution is -2.30. The number of hydrogen-bond donors (Lipinski definition) is 1. The zero-order chi connectivity index (χ0) is 13.0. The molecule has 1 heterocycles. The Hall–Kier alpha value is -1.36. The fraction of sp³-hybridized carbons (Fsp3) is 0.692. The van der Waals surface area contributed by atoms with Gasteiger partial charge in [-0.25, -0.2) is 4.98 Å². The van der Waals surface area contributed by atoms with Gasteiger partial charge in [-0.15, -0.1) is 0 Å². The Balaban J connectivity index is 2.08. The van der Waals surface area contributed by atoms with Gasteiger partial charge in [0.05, 0.1) is 6.10 Å². The van der Waals surface area contributed by atoms with Crippen LogP contribution in [0.5, 0.6) is 5.88 Å². The van der Waals surface area contributed by atoms with E-state index in [4.69, 9.17) is 10.5 Å². The van der Waals surface area contributed by atoms with Crippen molar-refractivity contribution in [3.8, 4) is 5.88 Å². The maximum Gasteiger partial charge on any atom is 0.228 e. The Bertz CT molecular complexity index is 379. The highest BCUT2D eigenvalue weighted by Crippen LogP contribution is 2.30. The molecule has 5 nitrogen and oxygen atoms in total. The molecule has 1 saturated carbocycles. The van der Waals surface area contributed by atoms with Crippen LogP contribution in [-0.4, -0.2) is 35.2 Å². The molecule has 2 rings (SSSR count). The second-order valence-corrected chi connectivity index (χ2v) is 4.93. The Morgan fingerprint density at radius 3 is 2.89 bits per heavy atom. The van der Waals surface area contributed by atoms with Crippen LogP contribution in [0.1, 0.15) is 33.1 Å². The van der Waals surface area contributed by atoms with Gasteiger partial charge in [0.2, 0.25) is 11.8 Å². The van der Waals surface area contributed by atoms with E-state index in [0.717, 1.165) is 18.9 Å². The zero-order valence-electron chi connectivity index (χ0n) is 11.2. The smallest absolute Gasteiger partial charge is 0.228 e. The van der Waals surface area contributed by atoms with Crippen molar-refractivity contribution >= 4 is 5.95 Å². The van der Waals surface area contributed by atoms with Crippen molar-refractivity contribution < 1.29 is 4.74 Å². The first-order valence-corrected chi connectivity index (χ1v) is 6.67. The van der Waals surface area contributed by atoms with Crippen LogP contribution in [0.2, 0.25) is 0 Å². The lowest BCUT2D eigenvalue weighted by atomic mass is 10.4. The van der Waals surface area contributed by atoms with Crippen molar-refractivity contribution in [2.45, 2.75) is 45.3 Å². The van der Waals surface area contributed by atoms with Crippen molar-refractivity contribution in [3.05, 3.63) is 12.3 Å². The average molecular weight is 250 g/mol. The molecule has 1 aromatic heterocycles. The number of aromatic nitrogens is 2. The van der Waals surface area contributed by atoms with Gasteiger partial charge in [0.25, 0.3) is 0 Å². The third kappa shape index (κ3) is 3.57. The highest BCUT2D eigenvalue weighted by atomic mass is 16.5. The number of ether oxygens (including phenoxy) is 1. The summed E-state index contributed by atoms with van der Waals surface area (Å²) in [4.78, 5) is 11.1. The average Bonchev–Trinajstić information content (AvgIpc) is 3.14. The van der Waals surface area contributed by atoms with E-state index in [-0.39, 0.29) is 6.10 Å². The lowest BCUT2D eigenvalue weighted by Gasteiger charge is -2.22. The van der Waals surface area contributed by atoms with E-state index in [1.54, 1.807) is 12.3 Å². The predicted octanol–water partition coefficient (Wildman–Crippen LogP) is 1.58. The standard InChI is InChI=1S/C13H22N4O/c1-10(2)18-12-6-8-15-13(16-12)17(9-3-7-14)11-4-5-11/h6,8,10-11H,3-5,7,9,14H2,1-2H3. The molecule has 0 atom stereocenters. The molecule has 100 valence electrons. The molecule has 5 heteroatoms. The molecule has 0 unspecified atom stereocenters. The quantitative estimate of drug-likeness (QED) is 0.796. The van der Waals surface area contributed by atoms with E-state index >= 15 is 0 Å². The van der Waals surface area contributed by atoms with E-state index in [1.165, 1.54) is 12.8 Å². The highest BCUT2D eigenvalue weighted by Gasteiger charge is 2.30. The Morgan fingerprint density at radius 1 is 1.50 bits per heavy atom. The van der Waals surface area contributed by atoms with Gasteiger partial charge < -0.3 is 15.4 Å². The summed E-state index contributed by atoms with van der Waals surface area (Å²) in [5.74, 6) is 1.41. The Kier molecular flexibility index (Phi) is 4.36. The van der Waals surface area contributed by atoms with Crippen LogP contribution in [0.3, 0.4) is 0 Å². The second kappa shape index (κ2) is 6.00. The van der Waals surface area contributed by atoms with E-state index in [1.807, 2.05) is 13.8 Å². The largest absolute Gasteiger partial charge is 0.475 e. The molecule has 0 bridgehead atoms. The summed E-state index contributed by atoms with van der Waals surface area (Å²) in [7, 11) is 0.